The minimum absolute atomic E-state index is 1.25. The Kier molecular flexibility index (Phi) is 16.2. The number of nitrogens with one attached hydrogen (secondary N) is 1. The molecule has 7 nitrogen and oxygen atoms in total. The average molecular weight is 261 g/mol. The molecule has 0 aromatic carbocycles. The third-order valence-corrected chi connectivity index (χ3v) is 1.46. The van der Waals surface area contributed by atoms with E-state index < -0.39 is 16.5 Å². The molecular formula is C6H17NO6P2+2. The van der Waals surface area contributed by atoms with Crippen molar-refractivity contribution in [1.29, 1.82) is 0 Å². The van der Waals surface area contributed by atoms with Gasteiger partial charge in [-0.3, -0.25) is 0 Å². The molecule has 0 spiro atoms. The summed E-state index contributed by atoms with van der Waals surface area (Å²) < 4.78 is 17.4. The molecule has 90 valence electrons. The molecule has 1 aliphatic heterocycles. The van der Waals surface area contributed by atoms with Crippen molar-refractivity contribution in [2.75, 3.05) is 13.1 Å². The van der Waals surface area contributed by atoms with Crippen LogP contribution >= 0.6 is 16.5 Å². The highest BCUT2D eigenvalue weighted by atomic mass is 31.1. The van der Waals surface area contributed by atoms with Gasteiger partial charge in [-0.1, -0.05) is 12.8 Å². The lowest BCUT2D eigenvalue weighted by Crippen LogP contribution is -2.12. The van der Waals surface area contributed by atoms with Crippen LogP contribution < -0.4 is 5.32 Å². The molecule has 1 heterocycles. The van der Waals surface area contributed by atoms with Crippen LogP contribution in [-0.2, 0) is 9.13 Å². The quantitative estimate of drug-likeness (QED) is 0.399. The van der Waals surface area contributed by atoms with Crippen molar-refractivity contribution in [2.45, 2.75) is 25.7 Å². The lowest BCUT2D eigenvalue weighted by molar-refractivity contribution is 0.403. The first-order chi connectivity index (χ1) is 6.96. The Hall–Kier alpha value is -0.0000000000000000416. The maximum Gasteiger partial charge on any atom is 0.692 e. The van der Waals surface area contributed by atoms with Gasteiger partial charge in [-0.05, 0) is 25.9 Å². The molecule has 0 unspecified atom stereocenters. The van der Waals surface area contributed by atoms with Crippen LogP contribution in [-0.4, -0.2) is 32.7 Å². The van der Waals surface area contributed by atoms with Crippen LogP contribution in [0.2, 0.25) is 0 Å². The Morgan fingerprint density at radius 1 is 0.733 bits per heavy atom. The molecule has 1 aliphatic rings. The lowest BCUT2D eigenvalue weighted by Gasteiger charge is -1.91. The summed E-state index contributed by atoms with van der Waals surface area (Å²) in [7, 11) is -5.74. The fourth-order valence-electron chi connectivity index (χ4n) is 0.979. The predicted octanol–water partition coefficient (Wildman–Crippen LogP) is 0.407. The summed E-state index contributed by atoms with van der Waals surface area (Å²) in [4.78, 5) is 28.5. The summed E-state index contributed by atoms with van der Waals surface area (Å²) in [6.45, 7) is 2.50. The van der Waals surface area contributed by atoms with Crippen molar-refractivity contribution in [3.05, 3.63) is 0 Å². The summed E-state index contributed by atoms with van der Waals surface area (Å²) >= 11 is 0. The first-order valence-corrected chi connectivity index (χ1v) is 6.70. The molecule has 1 fully saturated rings. The van der Waals surface area contributed by atoms with Crippen LogP contribution in [0.4, 0.5) is 0 Å². The lowest BCUT2D eigenvalue weighted by atomic mass is 10.2. The van der Waals surface area contributed by atoms with Gasteiger partial charge in [0.2, 0.25) is 0 Å². The van der Waals surface area contributed by atoms with E-state index in [0.29, 0.717) is 0 Å². The largest absolute Gasteiger partial charge is 0.692 e. The Labute approximate surface area is 90.1 Å². The third kappa shape index (κ3) is 41.1. The highest BCUT2D eigenvalue weighted by Gasteiger charge is 1.94. The summed E-state index contributed by atoms with van der Waals surface area (Å²) in [6.07, 6.45) is 5.65. The molecule has 0 radical (unpaired) electrons. The zero-order valence-electron chi connectivity index (χ0n) is 8.24. The van der Waals surface area contributed by atoms with E-state index >= 15 is 0 Å². The van der Waals surface area contributed by atoms with Crippen LogP contribution in [0.3, 0.4) is 0 Å². The summed E-state index contributed by atoms with van der Waals surface area (Å²) in [5.41, 5.74) is 0. The molecule has 0 bridgehead atoms. The molecule has 0 amide bonds. The Bertz CT molecular complexity index is 139. The topological polar surface area (TPSA) is 127 Å². The molecule has 0 aromatic heterocycles. The second-order valence-corrected chi connectivity index (χ2v) is 3.68. The van der Waals surface area contributed by atoms with Gasteiger partial charge in [-0.25, -0.2) is 0 Å². The SMILES string of the molecule is C1CCCNCC1.O=[P+](O)O.O=[P+](O)O. The van der Waals surface area contributed by atoms with Crippen LogP contribution in [0.15, 0.2) is 0 Å². The number of hydrogen-bond acceptors (Lipinski definition) is 3. The molecule has 1 rings (SSSR count). The van der Waals surface area contributed by atoms with E-state index in [9.17, 15) is 0 Å². The molecule has 0 saturated carbocycles. The van der Waals surface area contributed by atoms with E-state index in [1.54, 1.807) is 0 Å². The highest BCUT2D eigenvalue weighted by Crippen LogP contribution is 2.00. The first-order valence-electron chi connectivity index (χ1n) is 4.37. The zero-order valence-corrected chi connectivity index (χ0v) is 10.0. The molecule has 0 aromatic rings. The second kappa shape index (κ2) is 14.0. The van der Waals surface area contributed by atoms with Crippen molar-refractivity contribution < 1.29 is 28.7 Å². The third-order valence-electron chi connectivity index (χ3n) is 1.46. The van der Waals surface area contributed by atoms with Gasteiger partial charge in [0, 0.05) is 9.13 Å². The van der Waals surface area contributed by atoms with Gasteiger partial charge in [0.25, 0.3) is 0 Å². The minimum atomic E-state index is -2.87. The van der Waals surface area contributed by atoms with Gasteiger partial charge in [0.15, 0.2) is 0 Å². The van der Waals surface area contributed by atoms with Crippen molar-refractivity contribution in [1.82, 2.24) is 5.32 Å². The molecular weight excluding hydrogens is 244 g/mol. The highest BCUT2D eigenvalue weighted by molar-refractivity contribution is 7.31. The van der Waals surface area contributed by atoms with Gasteiger partial charge in [-0.2, -0.15) is 0 Å². The standard InChI is InChI=1S/C6H13N.2HO3P/c1-2-4-6-7-5-3-1;2*1-4(2)3/h7H,1-6H2;2*(H-,1,2,3)/p+2. The normalized spacial score (nSPS) is 14.7. The Balaban J connectivity index is 0. The Morgan fingerprint density at radius 3 is 1.27 bits per heavy atom. The van der Waals surface area contributed by atoms with Crippen LogP contribution in [0.1, 0.15) is 25.7 Å². The van der Waals surface area contributed by atoms with Crippen molar-refractivity contribution in [2.24, 2.45) is 0 Å². The molecule has 0 aliphatic carbocycles. The fraction of sp³-hybridized carbons (Fsp3) is 1.00. The van der Waals surface area contributed by atoms with Crippen molar-refractivity contribution >= 4 is 16.5 Å². The summed E-state index contributed by atoms with van der Waals surface area (Å²) in [5, 5.41) is 3.35. The molecule has 15 heavy (non-hydrogen) atoms. The smallest absolute Gasteiger partial charge is 0.317 e. The van der Waals surface area contributed by atoms with E-state index in [4.69, 9.17) is 28.7 Å². The van der Waals surface area contributed by atoms with Gasteiger partial charge < -0.3 is 5.32 Å². The molecule has 0 atom stereocenters. The van der Waals surface area contributed by atoms with Crippen molar-refractivity contribution in [3.8, 4) is 0 Å². The minimum Gasteiger partial charge on any atom is -0.317 e. The fourth-order valence-corrected chi connectivity index (χ4v) is 0.979. The van der Waals surface area contributed by atoms with Gasteiger partial charge in [0.1, 0.15) is 0 Å². The number of rotatable bonds is 0. The van der Waals surface area contributed by atoms with Crippen LogP contribution in [0, 0.1) is 0 Å². The average Bonchev–Trinajstić information content (AvgIpc) is 2.31. The van der Waals surface area contributed by atoms with Gasteiger partial charge >= 0.3 is 16.5 Å². The second-order valence-electron chi connectivity index (χ2n) is 2.67. The maximum absolute atomic E-state index is 8.70. The maximum atomic E-state index is 8.70. The zero-order chi connectivity index (χ0) is 12.1. The Morgan fingerprint density at radius 2 is 1.00 bits per heavy atom. The van der Waals surface area contributed by atoms with Gasteiger partial charge in [-0.15, -0.1) is 19.6 Å². The van der Waals surface area contributed by atoms with E-state index in [1.807, 2.05) is 0 Å². The molecule has 9 heteroatoms. The monoisotopic (exact) mass is 261 g/mol. The summed E-state index contributed by atoms with van der Waals surface area (Å²) in [5.74, 6) is 0. The number of hydrogen-bond donors (Lipinski definition) is 5. The van der Waals surface area contributed by atoms with Crippen LogP contribution in [0.5, 0.6) is 0 Å². The van der Waals surface area contributed by atoms with Gasteiger partial charge in [0.05, 0.1) is 0 Å². The van der Waals surface area contributed by atoms with E-state index in [0.717, 1.165) is 0 Å². The van der Waals surface area contributed by atoms with E-state index in [2.05, 4.69) is 5.32 Å². The van der Waals surface area contributed by atoms with E-state index in [-0.39, 0.29) is 0 Å². The first kappa shape index (κ1) is 17.4. The molecule has 1 saturated heterocycles. The molecule has 5 N–H and O–H groups in total. The van der Waals surface area contributed by atoms with Crippen molar-refractivity contribution in [3.63, 3.8) is 0 Å². The summed E-state index contributed by atoms with van der Waals surface area (Å²) in [6, 6.07) is 0. The van der Waals surface area contributed by atoms with E-state index in [1.165, 1.54) is 38.8 Å². The predicted molar refractivity (Wildman–Crippen MR) is 55.4 cm³/mol. The van der Waals surface area contributed by atoms with Crippen LogP contribution in [0.25, 0.3) is 0 Å².